The molecule has 2 nitrogen and oxygen atoms in total. The maximum atomic E-state index is 5.92. The van der Waals surface area contributed by atoms with E-state index in [0.29, 0.717) is 12.0 Å². The van der Waals surface area contributed by atoms with Gasteiger partial charge >= 0.3 is 0 Å². The molecule has 3 heteroatoms. The van der Waals surface area contributed by atoms with E-state index in [-0.39, 0.29) is 0 Å². The number of nitrogens with two attached hydrogens (primary N) is 1. The number of halogens is 1. The summed E-state index contributed by atoms with van der Waals surface area (Å²) < 4.78 is 1.02. The Morgan fingerprint density at radius 3 is 2.60 bits per heavy atom. The minimum Gasteiger partial charge on any atom is -0.397 e. The Morgan fingerprint density at radius 1 is 1.40 bits per heavy atom. The van der Waals surface area contributed by atoms with Crippen LogP contribution in [-0.2, 0) is 0 Å². The first-order valence-corrected chi connectivity index (χ1v) is 6.15. The summed E-state index contributed by atoms with van der Waals surface area (Å²) in [6.07, 6.45) is 1.17. The van der Waals surface area contributed by atoms with Gasteiger partial charge in [-0.2, -0.15) is 0 Å². The number of benzene rings is 1. The Balaban J connectivity index is 2.72. The monoisotopic (exact) mass is 270 g/mol. The zero-order valence-electron chi connectivity index (χ0n) is 9.55. The number of rotatable bonds is 4. The highest BCUT2D eigenvalue weighted by molar-refractivity contribution is 9.10. The fourth-order valence-corrected chi connectivity index (χ4v) is 1.78. The third-order valence-corrected chi connectivity index (χ3v) is 3.39. The lowest BCUT2D eigenvalue weighted by atomic mass is 10.0. The van der Waals surface area contributed by atoms with Crippen LogP contribution in [0.5, 0.6) is 0 Å². The molecule has 1 aromatic rings. The summed E-state index contributed by atoms with van der Waals surface area (Å²) in [5, 5.41) is 3.44. The third-order valence-electron chi connectivity index (χ3n) is 2.89. The van der Waals surface area contributed by atoms with Crippen molar-refractivity contribution in [3.05, 3.63) is 22.7 Å². The Kier molecular flexibility index (Phi) is 4.45. The smallest absolute Gasteiger partial charge is 0.0576 e. The highest BCUT2D eigenvalue weighted by atomic mass is 79.9. The minimum atomic E-state index is 0.443. The van der Waals surface area contributed by atoms with Gasteiger partial charge in [-0.1, -0.05) is 36.2 Å². The van der Waals surface area contributed by atoms with E-state index in [9.17, 15) is 0 Å². The van der Waals surface area contributed by atoms with E-state index in [0.717, 1.165) is 15.8 Å². The molecule has 0 spiro atoms. The molecule has 0 heterocycles. The molecule has 2 unspecified atom stereocenters. The number of nitrogens with one attached hydrogen (secondary N) is 1. The zero-order valence-corrected chi connectivity index (χ0v) is 11.1. The molecule has 0 bridgehead atoms. The van der Waals surface area contributed by atoms with E-state index in [1.807, 2.05) is 18.2 Å². The van der Waals surface area contributed by atoms with Crippen molar-refractivity contribution in [3.63, 3.8) is 0 Å². The summed E-state index contributed by atoms with van der Waals surface area (Å²) in [4.78, 5) is 0. The van der Waals surface area contributed by atoms with Crippen LogP contribution in [0.15, 0.2) is 22.7 Å². The van der Waals surface area contributed by atoms with Crippen LogP contribution < -0.4 is 11.1 Å². The van der Waals surface area contributed by atoms with Crippen molar-refractivity contribution < 1.29 is 0 Å². The van der Waals surface area contributed by atoms with Gasteiger partial charge in [-0.05, 0) is 31.0 Å². The van der Waals surface area contributed by atoms with Gasteiger partial charge in [0.05, 0.1) is 11.4 Å². The summed E-state index contributed by atoms with van der Waals surface area (Å²) in [6, 6.07) is 6.38. The van der Waals surface area contributed by atoms with E-state index >= 15 is 0 Å². The molecule has 0 fully saturated rings. The summed E-state index contributed by atoms with van der Waals surface area (Å²) in [5.41, 5.74) is 7.73. The van der Waals surface area contributed by atoms with Gasteiger partial charge in [-0.15, -0.1) is 0 Å². The van der Waals surface area contributed by atoms with Gasteiger partial charge in [0.1, 0.15) is 0 Å². The average Bonchev–Trinajstić information content (AvgIpc) is 2.20. The quantitative estimate of drug-likeness (QED) is 0.815. The van der Waals surface area contributed by atoms with Crippen molar-refractivity contribution in [2.75, 3.05) is 11.1 Å². The highest BCUT2D eigenvalue weighted by Gasteiger charge is 2.10. The third kappa shape index (κ3) is 3.42. The van der Waals surface area contributed by atoms with Gasteiger partial charge in [0.2, 0.25) is 0 Å². The molecule has 84 valence electrons. The van der Waals surface area contributed by atoms with Gasteiger partial charge in [-0.3, -0.25) is 0 Å². The normalized spacial score (nSPS) is 14.7. The maximum Gasteiger partial charge on any atom is 0.0576 e. The second-order valence-electron chi connectivity index (χ2n) is 4.05. The largest absolute Gasteiger partial charge is 0.397 e. The summed E-state index contributed by atoms with van der Waals surface area (Å²) >= 11 is 3.40. The Hall–Kier alpha value is -0.700. The molecule has 1 aromatic carbocycles. The van der Waals surface area contributed by atoms with Crippen LogP contribution in [0.4, 0.5) is 11.4 Å². The van der Waals surface area contributed by atoms with Crippen LogP contribution in [0, 0.1) is 5.92 Å². The van der Waals surface area contributed by atoms with Gasteiger partial charge in [0.15, 0.2) is 0 Å². The number of hydrogen-bond acceptors (Lipinski definition) is 2. The fourth-order valence-electron chi connectivity index (χ4n) is 1.41. The lowest BCUT2D eigenvalue weighted by molar-refractivity contribution is 0.495. The first-order valence-electron chi connectivity index (χ1n) is 5.36. The Morgan fingerprint density at radius 2 is 2.07 bits per heavy atom. The average molecular weight is 271 g/mol. The molecular weight excluding hydrogens is 252 g/mol. The van der Waals surface area contributed by atoms with Crippen molar-refractivity contribution in [2.45, 2.75) is 33.2 Å². The van der Waals surface area contributed by atoms with Gasteiger partial charge < -0.3 is 11.1 Å². The highest BCUT2D eigenvalue weighted by Crippen LogP contribution is 2.25. The number of anilines is 2. The summed E-state index contributed by atoms with van der Waals surface area (Å²) in [6.45, 7) is 6.64. The van der Waals surface area contributed by atoms with Crippen molar-refractivity contribution >= 4 is 27.3 Å². The molecule has 1 rings (SSSR count). The fraction of sp³-hybridized carbons (Fsp3) is 0.500. The van der Waals surface area contributed by atoms with Crippen molar-refractivity contribution in [1.82, 2.24) is 0 Å². The summed E-state index contributed by atoms with van der Waals surface area (Å²) in [7, 11) is 0. The first kappa shape index (κ1) is 12.4. The predicted molar refractivity (Wildman–Crippen MR) is 71.1 cm³/mol. The molecule has 0 aromatic heterocycles. The molecule has 0 amide bonds. The minimum absolute atomic E-state index is 0.443. The van der Waals surface area contributed by atoms with E-state index in [2.05, 4.69) is 42.0 Å². The Labute approximate surface area is 100 Å². The van der Waals surface area contributed by atoms with Gasteiger partial charge in [0.25, 0.3) is 0 Å². The lowest BCUT2D eigenvalue weighted by Crippen LogP contribution is -2.23. The molecule has 0 aliphatic heterocycles. The van der Waals surface area contributed by atoms with Crippen LogP contribution in [0.1, 0.15) is 27.2 Å². The molecule has 2 atom stereocenters. The van der Waals surface area contributed by atoms with Gasteiger partial charge in [0, 0.05) is 10.5 Å². The standard InChI is InChI=1S/C12H19BrN2/c1-4-8(2)9(3)15-12-6-5-10(13)7-11(12)14/h5-9,15H,4,14H2,1-3H3. The lowest BCUT2D eigenvalue weighted by Gasteiger charge is -2.22. The molecule has 0 radical (unpaired) electrons. The van der Waals surface area contributed by atoms with Crippen molar-refractivity contribution in [2.24, 2.45) is 5.92 Å². The van der Waals surface area contributed by atoms with Crippen LogP contribution in [0.25, 0.3) is 0 Å². The predicted octanol–water partition coefficient (Wildman–Crippen LogP) is 3.88. The molecule has 0 aliphatic carbocycles. The molecule has 0 saturated carbocycles. The molecule has 15 heavy (non-hydrogen) atoms. The zero-order chi connectivity index (χ0) is 11.4. The van der Waals surface area contributed by atoms with Crippen LogP contribution >= 0.6 is 15.9 Å². The van der Waals surface area contributed by atoms with E-state index < -0.39 is 0 Å². The SMILES string of the molecule is CCC(C)C(C)Nc1ccc(Br)cc1N. The topological polar surface area (TPSA) is 38.0 Å². The Bertz CT molecular complexity index is 325. The molecule has 3 N–H and O–H groups in total. The van der Waals surface area contributed by atoms with Crippen LogP contribution in [0.2, 0.25) is 0 Å². The molecule has 0 saturated heterocycles. The second-order valence-corrected chi connectivity index (χ2v) is 4.97. The van der Waals surface area contributed by atoms with Crippen molar-refractivity contribution in [1.29, 1.82) is 0 Å². The van der Waals surface area contributed by atoms with E-state index in [4.69, 9.17) is 5.73 Å². The summed E-state index contributed by atoms with van der Waals surface area (Å²) in [5.74, 6) is 0.646. The first-order chi connectivity index (χ1) is 7.04. The number of nitrogen functional groups attached to an aromatic ring is 1. The second kappa shape index (κ2) is 5.40. The van der Waals surface area contributed by atoms with Crippen LogP contribution in [-0.4, -0.2) is 6.04 Å². The van der Waals surface area contributed by atoms with Crippen molar-refractivity contribution in [3.8, 4) is 0 Å². The van der Waals surface area contributed by atoms with Gasteiger partial charge in [-0.25, -0.2) is 0 Å². The molecular formula is C12H19BrN2. The maximum absolute atomic E-state index is 5.92. The van der Waals surface area contributed by atoms with Crippen LogP contribution in [0.3, 0.4) is 0 Å². The van der Waals surface area contributed by atoms with E-state index in [1.54, 1.807) is 0 Å². The number of hydrogen-bond donors (Lipinski definition) is 2. The molecule has 0 aliphatic rings. The van der Waals surface area contributed by atoms with E-state index in [1.165, 1.54) is 6.42 Å².